The SMILES string of the molecule is COCn1c(C=O)ccc1-c1ccc(C)cc1. The molecule has 0 aliphatic carbocycles. The number of nitrogens with zero attached hydrogens (tertiary/aromatic N) is 1. The van der Waals surface area contributed by atoms with E-state index < -0.39 is 0 Å². The van der Waals surface area contributed by atoms with Crippen molar-refractivity contribution in [3.8, 4) is 11.3 Å². The second-order valence-corrected chi connectivity index (χ2v) is 3.97. The van der Waals surface area contributed by atoms with Crippen molar-refractivity contribution >= 4 is 6.29 Å². The monoisotopic (exact) mass is 229 g/mol. The van der Waals surface area contributed by atoms with Crippen molar-refractivity contribution in [3.05, 3.63) is 47.7 Å². The summed E-state index contributed by atoms with van der Waals surface area (Å²) in [5.74, 6) is 0. The van der Waals surface area contributed by atoms with Crippen molar-refractivity contribution in [3.63, 3.8) is 0 Å². The Morgan fingerprint density at radius 2 is 1.88 bits per heavy atom. The van der Waals surface area contributed by atoms with Gasteiger partial charge in [-0.25, -0.2) is 0 Å². The van der Waals surface area contributed by atoms with Gasteiger partial charge in [0.1, 0.15) is 6.73 Å². The van der Waals surface area contributed by atoms with E-state index in [0.29, 0.717) is 12.4 Å². The molecule has 1 aromatic carbocycles. The van der Waals surface area contributed by atoms with Gasteiger partial charge in [0.15, 0.2) is 6.29 Å². The number of aldehydes is 1. The van der Waals surface area contributed by atoms with Crippen LogP contribution in [0.3, 0.4) is 0 Å². The van der Waals surface area contributed by atoms with Crippen LogP contribution >= 0.6 is 0 Å². The smallest absolute Gasteiger partial charge is 0.166 e. The highest BCUT2D eigenvalue weighted by atomic mass is 16.5. The van der Waals surface area contributed by atoms with Gasteiger partial charge in [0.25, 0.3) is 0 Å². The Morgan fingerprint density at radius 1 is 1.18 bits per heavy atom. The lowest BCUT2D eigenvalue weighted by molar-refractivity contribution is 0.107. The minimum absolute atomic E-state index is 0.379. The Morgan fingerprint density at radius 3 is 2.47 bits per heavy atom. The highest BCUT2D eigenvalue weighted by Crippen LogP contribution is 2.22. The predicted molar refractivity (Wildman–Crippen MR) is 67.0 cm³/mol. The summed E-state index contributed by atoms with van der Waals surface area (Å²) in [6.07, 6.45) is 0.844. The highest BCUT2D eigenvalue weighted by Gasteiger charge is 2.08. The second kappa shape index (κ2) is 4.97. The number of aromatic nitrogens is 1. The Balaban J connectivity index is 2.47. The van der Waals surface area contributed by atoms with Crippen LogP contribution in [0.5, 0.6) is 0 Å². The average Bonchev–Trinajstić information content (AvgIpc) is 2.74. The van der Waals surface area contributed by atoms with Crippen LogP contribution in [0, 0.1) is 6.92 Å². The quantitative estimate of drug-likeness (QED) is 0.755. The van der Waals surface area contributed by atoms with Gasteiger partial charge in [-0.15, -0.1) is 0 Å². The lowest BCUT2D eigenvalue weighted by Gasteiger charge is -2.10. The number of carbonyl (C=O) groups excluding carboxylic acids is 1. The van der Waals surface area contributed by atoms with E-state index >= 15 is 0 Å². The second-order valence-electron chi connectivity index (χ2n) is 3.97. The molecule has 0 fully saturated rings. The van der Waals surface area contributed by atoms with Crippen molar-refractivity contribution in [1.29, 1.82) is 0 Å². The summed E-state index contributed by atoms with van der Waals surface area (Å²) in [4.78, 5) is 10.9. The first-order valence-electron chi connectivity index (χ1n) is 5.47. The van der Waals surface area contributed by atoms with E-state index in [2.05, 4.69) is 19.1 Å². The van der Waals surface area contributed by atoms with Crippen LogP contribution < -0.4 is 0 Å². The number of hydrogen-bond acceptors (Lipinski definition) is 2. The zero-order valence-electron chi connectivity index (χ0n) is 10.0. The molecule has 0 aliphatic rings. The Hall–Kier alpha value is -1.87. The maximum atomic E-state index is 10.9. The van der Waals surface area contributed by atoms with E-state index in [-0.39, 0.29) is 0 Å². The van der Waals surface area contributed by atoms with Crippen LogP contribution in [0.15, 0.2) is 36.4 Å². The molecule has 0 saturated heterocycles. The molecule has 2 rings (SSSR count). The number of ether oxygens (including phenoxy) is 1. The molecule has 88 valence electrons. The Labute approximate surface area is 101 Å². The molecule has 17 heavy (non-hydrogen) atoms. The number of hydrogen-bond donors (Lipinski definition) is 0. The lowest BCUT2D eigenvalue weighted by Crippen LogP contribution is -2.05. The first-order valence-corrected chi connectivity index (χ1v) is 5.47. The zero-order chi connectivity index (χ0) is 12.3. The third-order valence-corrected chi connectivity index (χ3v) is 2.74. The number of benzene rings is 1. The summed E-state index contributed by atoms with van der Waals surface area (Å²) >= 11 is 0. The third-order valence-electron chi connectivity index (χ3n) is 2.74. The summed E-state index contributed by atoms with van der Waals surface area (Å²) in [5.41, 5.74) is 3.92. The molecule has 0 radical (unpaired) electrons. The van der Waals surface area contributed by atoms with E-state index in [4.69, 9.17) is 4.74 Å². The van der Waals surface area contributed by atoms with Crippen molar-refractivity contribution < 1.29 is 9.53 Å². The van der Waals surface area contributed by atoms with E-state index in [1.165, 1.54) is 5.56 Å². The van der Waals surface area contributed by atoms with Crippen molar-refractivity contribution in [2.45, 2.75) is 13.7 Å². The summed E-state index contributed by atoms with van der Waals surface area (Å²) in [6.45, 7) is 2.43. The fraction of sp³-hybridized carbons (Fsp3) is 0.214. The van der Waals surface area contributed by atoms with Gasteiger partial charge in [-0.3, -0.25) is 4.79 Å². The van der Waals surface area contributed by atoms with E-state index in [0.717, 1.165) is 17.5 Å². The lowest BCUT2D eigenvalue weighted by atomic mass is 10.1. The maximum absolute atomic E-state index is 10.9. The van der Waals surface area contributed by atoms with E-state index in [1.807, 2.05) is 22.8 Å². The van der Waals surface area contributed by atoms with Crippen LogP contribution in [0.1, 0.15) is 16.1 Å². The summed E-state index contributed by atoms with van der Waals surface area (Å²) in [5, 5.41) is 0. The normalized spacial score (nSPS) is 10.5. The molecule has 1 heterocycles. The van der Waals surface area contributed by atoms with E-state index in [9.17, 15) is 4.79 Å². The minimum atomic E-state index is 0.379. The average molecular weight is 229 g/mol. The molecule has 0 amide bonds. The van der Waals surface area contributed by atoms with Crippen molar-refractivity contribution in [2.75, 3.05) is 7.11 Å². The predicted octanol–water partition coefficient (Wildman–Crippen LogP) is 2.88. The zero-order valence-corrected chi connectivity index (χ0v) is 10.0. The molecular weight excluding hydrogens is 214 g/mol. The van der Waals surface area contributed by atoms with Crippen LogP contribution in [-0.4, -0.2) is 18.0 Å². The van der Waals surface area contributed by atoms with Gasteiger partial charge in [0, 0.05) is 7.11 Å². The molecule has 3 heteroatoms. The van der Waals surface area contributed by atoms with E-state index in [1.54, 1.807) is 13.2 Å². The molecule has 0 atom stereocenters. The first kappa shape index (κ1) is 11.6. The third kappa shape index (κ3) is 2.29. The first-order chi connectivity index (χ1) is 8.26. The summed E-state index contributed by atoms with van der Waals surface area (Å²) in [7, 11) is 1.62. The largest absolute Gasteiger partial charge is 0.364 e. The van der Waals surface area contributed by atoms with Crippen molar-refractivity contribution in [2.24, 2.45) is 0 Å². The molecule has 0 spiro atoms. The molecule has 0 saturated carbocycles. The van der Waals surface area contributed by atoms with Gasteiger partial charge in [-0.1, -0.05) is 29.8 Å². The van der Waals surface area contributed by atoms with Gasteiger partial charge in [0.2, 0.25) is 0 Å². The number of carbonyl (C=O) groups is 1. The van der Waals surface area contributed by atoms with Crippen LogP contribution in [-0.2, 0) is 11.5 Å². The Kier molecular flexibility index (Phi) is 3.40. The number of rotatable bonds is 4. The highest BCUT2D eigenvalue weighted by molar-refractivity contribution is 5.76. The fourth-order valence-electron chi connectivity index (χ4n) is 1.84. The minimum Gasteiger partial charge on any atom is -0.364 e. The standard InChI is InChI=1S/C14H15NO2/c1-11-3-5-12(6-4-11)14-8-7-13(9-16)15(14)10-17-2/h3-9H,10H2,1-2H3. The van der Waals surface area contributed by atoms with Gasteiger partial charge < -0.3 is 9.30 Å². The maximum Gasteiger partial charge on any atom is 0.166 e. The van der Waals surface area contributed by atoms with Gasteiger partial charge in [-0.05, 0) is 24.6 Å². The molecule has 0 N–H and O–H groups in total. The summed E-state index contributed by atoms with van der Waals surface area (Å²) < 4.78 is 6.98. The molecular formula is C14H15NO2. The Bertz CT molecular complexity index is 512. The molecule has 1 aromatic heterocycles. The summed E-state index contributed by atoms with van der Waals surface area (Å²) in [6, 6.07) is 11.9. The molecule has 2 aromatic rings. The number of aryl methyl sites for hydroxylation is 1. The fourth-order valence-corrected chi connectivity index (χ4v) is 1.84. The topological polar surface area (TPSA) is 31.2 Å². The van der Waals surface area contributed by atoms with Crippen molar-refractivity contribution in [1.82, 2.24) is 4.57 Å². The molecule has 0 aliphatic heterocycles. The van der Waals surface area contributed by atoms with Gasteiger partial charge >= 0.3 is 0 Å². The van der Waals surface area contributed by atoms with Crippen LogP contribution in [0.4, 0.5) is 0 Å². The van der Waals surface area contributed by atoms with Crippen LogP contribution in [0.2, 0.25) is 0 Å². The van der Waals surface area contributed by atoms with Gasteiger partial charge in [-0.2, -0.15) is 0 Å². The molecule has 0 bridgehead atoms. The van der Waals surface area contributed by atoms with Crippen LogP contribution in [0.25, 0.3) is 11.3 Å². The molecule has 3 nitrogen and oxygen atoms in total. The van der Waals surface area contributed by atoms with Gasteiger partial charge in [0.05, 0.1) is 11.4 Å². The number of methoxy groups -OCH3 is 1. The molecule has 0 unspecified atom stereocenters.